The van der Waals surface area contributed by atoms with Crippen LogP contribution in [0.1, 0.15) is 36.9 Å². The molecule has 2 unspecified atom stereocenters. The molecule has 0 fully saturated rings. The molecule has 17 heavy (non-hydrogen) atoms. The molecule has 2 rings (SSSR count). The average Bonchev–Trinajstić information content (AvgIpc) is 2.28. The number of hydrogen-bond donors (Lipinski definition) is 3. The standard InChI is InChI=1S/C13H17NO3/c1-8(13(16)17)14-12-4-2-3-9-7-10(15)5-6-11(9)12/h5-8,12,14-15H,2-4H2,1H3,(H,16,17). The van der Waals surface area contributed by atoms with Gasteiger partial charge in [-0.2, -0.15) is 0 Å². The first-order valence-corrected chi connectivity index (χ1v) is 5.88. The first-order chi connectivity index (χ1) is 8.08. The lowest BCUT2D eigenvalue weighted by Gasteiger charge is -2.28. The molecule has 3 N–H and O–H groups in total. The Hall–Kier alpha value is -1.55. The van der Waals surface area contributed by atoms with Gasteiger partial charge in [-0.05, 0) is 49.4 Å². The lowest BCUT2D eigenvalue weighted by molar-refractivity contribution is -0.139. The monoisotopic (exact) mass is 235 g/mol. The number of rotatable bonds is 3. The zero-order valence-electron chi connectivity index (χ0n) is 9.81. The van der Waals surface area contributed by atoms with Crippen LogP contribution in [0, 0.1) is 0 Å². The van der Waals surface area contributed by atoms with Crippen LogP contribution in [0.2, 0.25) is 0 Å². The lowest BCUT2D eigenvalue weighted by Crippen LogP contribution is -2.37. The molecule has 0 radical (unpaired) electrons. The summed E-state index contributed by atoms with van der Waals surface area (Å²) in [5.41, 5.74) is 2.23. The quantitative estimate of drug-likeness (QED) is 0.747. The third-order valence-electron chi connectivity index (χ3n) is 3.26. The van der Waals surface area contributed by atoms with Crippen LogP contribution in [-0.4, -0.2) is 22.2 Å². The Morgan fingerprint density at radius 1 is 1.53 bits per heavy atom. The van der Waals surface area contributed by atoms with Gasteiger partial charge in [0.25, 0.3) is 0 Å². The van der Waals surface area contributed by atoms with Crippen molar-refractivity contribution in [3.05, 3.63) is 29.3 Å². The molecular weight excluding hydrogens is 218 g/mol. The Morgan fingerprint density at radius 3 is 3.00 bits per heavy atom. The number of carboxylic acids is 1. The van der Waals surface area contributed by atoms with E-state index < -0.39 is 12.0 Å². The minimum Gasteiger partial charge on any atom is -0.508 e. The second kappa shape index (κ2) is 4.75. The zero-order chi connectivity index (χ0) is 12.4. The summed E-state index contributed by atoms with van der Waals surface area (Å²) >= 11 is 0. The summed E-state index contributed by atoms with van der Waals surface area (Å²) in [5, 5.41) is 21.4. The minimum atomic E-state index is -0.837. The fraction of sp³-hybridized carbons (Fsp3) is 0.462. The van der Waals surface area contributed by atoms with E-state index in [-0.39, 0.29) is 11.8 Å². The summed E-state index contributed by atoms with van der Waals surface area (Å²) in [6.45, 7) is 1.65. The molecule has 1 aliphatic rings. The number of aromatic hydroxyl groups is 1. The Balaban J connectivity index is 2.20. The highest BCUT2D eigenvalue weighted by Crippen LogP contribution is 2.32. The second-order valence-electron chi connectivity index (χ2n) is 4.55. The van der Waals surface area contributed by atoms with Gasteiger partial charge in [-0.3, -0.25) is 10.1 Å². The van der Waals surface area contributed by atoms with Crippen LogP contribution in [-0.2, 0) is 11.2 Å². The molecule has 4 heteroatoms. The van der Waals surface area contributed by atoms with E-state index in [4.69, 9.17) is 5.11 Å². The number of carboxylic acid groups (broad SMARTS) is 1. The molecule has 0 bridgehead atoms. The number of aliphatic carboxylic acids is 1. The molecule has 0 amide bonds. The molecule has 0 saturated heterocycles. The van der Waals surface area contributed by atoms with E-state index in [1.54, 1.807) is 19.1 Å². The number of hydrogen-bond acceptors (Lipinski definition) is 3. The summed E-state index contributed by atoms with van der Waals surface area (Å²) in [7, 11) is 0. The predicted molar refractivity (Wildman–Crippen MR) is 64.0 cm³/mol. The third kappa shape index (κ3) is 2.58. The Kier molecular flexibility index (Phi) is 3.33. The van der Waals surface area contributed by atoms with Gasteiger partial charge in [-0.25, -0.2) is 0 Å². The van der Waals surface area contributed by atoms with Gasteiger partial charge in [0.1, 0.15) is 11.8 Å². The van der Waals surface area contributed by atoms with Crippen LogP contribution in [0.15, 0.2) is 18.2 Å². The Labute approximate surface area is 100 Å². The van der Waals surface area contributed by atoms with E-state index in [0.29, 0.717) is 0 Å². The number of nitrogens with one attached hydrogen (secondary N) is 1. The summed E-state index contributed by atoms with van der Waals surface area (Å²) in [4.78, 5) is 10.8. The normalized spacial score (nSPS) is 20.6. The first-order valence-electron chi connectivity index (χ1n) is 5.88. The first kappa shape index (κ1) is 11.9. The van der Waals surface area contributed by atoms with Crippen LogP contribution in [0.3, 0.4) is 0 Å². The van der Waals surface area contributed by atoms with Crippen molar-refractivity contribution in [1.82, 2.24) is 5.32 Å². The largest absolute Gasteiger partial charge is 0.508 e. The van der Waals surface area contributed by atoms with Crippen LogP contribution >= 0.6 is 0 Å². The van der Waals surface area contributed by atoms with Crippen molar-refractivity contribution in [3.8, 4) is 5.75 Å². The lowest BCUT2D eigenvalue weighted by atomic mass is 9.87. The number of carbonyl (C=O) groups is 1. The SMILES string of the molecule is CC(NC1CCCc2cc(O)ccc21)C(=O)O. The molecule has 1 aromatic rings. The van der Waals surface area contributed by atoms with Crippen molar-refractivity contribution in [2.24, 2.45) is 0 Å². The van der Waals surface area contributed by atoms with Crippen molar-refractivity contribution < 1.29 is 15.0 Å². The second-order valence-corrected chi connectivity index (χ2v) is 4.55. The molecule has 2 atom stereocenters. The summed E-state index contributed by atoms with van der Waals surface area (Å²) < 4.78 is 0. The molecule has 4 nitrogen and oxygen atoms in total. The van der Waals surface area contributed by atoms with Gasteiger partial charge in [0, 0.05) is 6.04 Å². The van der Waals surface area contributed by atoms with Crippen molar-refractivity contribution in [2.75, 3.05) is 0 Å². The fourth-order valence-corrected chi connectivity index (χ4v) is 2.35. The Bertz CT molecular complexity index is 431. The van der Waals surface area contributed by atoms with Crippen molar-refractivity contribution in [2.45, 2.75) is 38.3 Å². The van der Waals surface area contributed by atoms with Crippen molar-refractivity contribution >= 4 is 5.97 Å². The topological polar surface area (TPSA) is 69.6 Å². The van der Waals surface area contributed by atoms with Crippen LogP contribution < -0.4 is 5.32 Å². The molecule has 0 aromatic heterocycles. The van der Waals surface area contributed by atoms with Gasteiger partial charge in [0.05, 0.1) is 0 Å². The molecule has 92 valence electrons. The van der Waals surface area contributed by atoms with Crippen LogP contribution in [0.5, 0.6) is 5.75 Å². The van der Waals surface area contributed by atoms with Crippen LogP contribution in [0.25, 0.3) is 0 Å². The number of phenolic OH excluding ortho intramolecular Hbond substituents is 1. The average molecular weight is 235 g/mol. The van der Waals surface area contributed by atoms with Crippen LogP contribution in [0.4, 0.5) is 0 Å². The smallest absolute Gasteiger partial charge is 0.320 e. The maximum Gasteiger partial charge on any atom is 0.320 e. The summed E-state index contributed by atoms with van der Waals surface area (Å²) in [5.74, 6) is -0.563. The predicted octanol–water partition coefficient (Wildman–Crippen LogP) is 1.83. The molecule has 0 aliphatic heterocycles. The summed E-state index contributed by atoms with van der Waals surface area (Å²) in [6.07, 6.45) is 2.90. The van der Waals surface area contributed by atoms with Gasteiger partial charge < -0.3 is 10.2 Å². The van der Waals surface area contributed by atoms with E-state index in [2.05, 4.69) is 5.32 Å². The van der Waals surface area contributed by atoms with Gasteiger partial charge in [-0.15, -0.1) is 0 Å². The molecule has 0 saturated carbocycles. The summed E-state index contributed by atoms with van der Waals surface area (Å²) in [6, 6.07) is 4.83. The number of fused-ring (bicyclic) bond motifs is 1. The van der Waals surface area contributed by atoms with Crippen molar-refractivity contribution in [3.63, 3.8) is 0 Å². The highest BCUT2D eigenvalue weighted by Gasteiger charge is 2.23. The molecule has 1 aromatic carbocycles. The molecule has 1 aliphatic carbocycles. The van der Waals surface area contributed by atoms with Gasteiger partial charge in [-0.1, -0.05) is 6.07 Å². The number of aryl methyl sites for hydroxylation is 1. The van der Waals surface area contributed by atoms with E-state index in [0.717, 1.165) is 30.4 Å². The fourth-order valence-electron chi connectivity index (χ4n) is 2.35. The molecule has 0 heterocycles. The minimum absolute atomic E-state index is 0.0745. The molecule has 0 spiro atoms. The van der Waals surface area contributed by atoms with Crippen molar-refractivity contribution in [1.29, 1.82) is 0 Å². The highest BCUT2D eigenvalue weighted by molar-refractivity contribution is 5.72. The Morgan fingerprint density at radius 2 is 2.29 bits per heavy atom. The van der Waals surface area contributed by atoms with E-state index in [9.17, 15) is 9.90 Å². The number of phenols is 1. The number of benzene rings is 1. The van der Waals surface area contributed by atoms with E-state index in [1.807, 2.05) is 6.07 Å². The zero-order valence-corrected chi connectivity index (χ0v) is 9.81. The van der Waals surface area contributed by atoms with Gasteiger partial charge in [0.2, 0.25) is 0 Å². The van der Waals surface area contributed by atoms with Gasteiger partial charge in [0.15, 0.2) is 0 Å². The molecular formula is C13H17NO3. The highest BCUT2D eigenvalue weighted by atomic mass is 16.4. The van der Waals surface area contributed by atoms with E-state index in [1.165, 1.54) is 0 Å². The maximum atomic E-state index is 10.8. The maximum absolute atomic E-state index is 10.8. The third-order valence-corrected chi connectivity index (χ3v) is 3.26. The van der Waals surface area contributed by atoms with E-state index >= 15 is 0 Å². The van der Waals surface area contributed by atoms with Gasteiger partial charge >= 0.3 is 5.97 Å².